The second kappa shape index (κ2) is 6.72. The largest absolute Gasteiger partial charge is 0.484 e. The minimum absolute atomic E-state index is 0.0359. The van der Waals surface area contributed by atoms with Gasteiger partial charge in [0.2, 0.25) is 0 Å². The van der Waals surface area contributed by atoms with Crippen molar-refractivity contribution in [2.75, 3.05) is 11.9 Å². The number of ether oxygens (including phenoxy) is 1. The lowest BCUT2D eigenvalue weighted by atomic mass is 9.44. The molecular formula is C18H15ClF4N4O2. The van der Waals surface area contributed by atoms with E-state index in [-0.39, 0.29) is 40.2 Å². The average molecular weight is 431 g/mol. The third kappa shape index (κ3) is 3.93. The topological polar surface area (TPSA) is 76.1 Å². The van der Waals surface area contributed by atoms with E-state index in [4.69, 9.17) is 16.3 Å². The molecule has 1 aromatic heterocycles. The number of carbonyl (C=O) groups is 1. The molecule has 1 heterocycles. The summed E-state index contributed by atoms with van der Waals surface area (Å²) >= 11 is 5.59. The average Bonchev–Trinajstić information content (AvgIpc) is 2.59. The molecule has 11 heteroatoms. The number of amides is 1. The fourth-order valence-corrected chi connectivity index (χ4v) is 4.04. The summed E-state index contributed by atoms with van der Waals surface area (Å²) in [6.07, 6.45) is -2.69. The summed E-state index contributed by atoms with van der Waals surface area (Å²) in [5.74, 6) is -0.532. The highest BCUT2D eigenvalue weighted by Gasteiger charge is 2.69. The van der Waals surface area contributed by atoms with Gasteiger partial charge < -0.3 is 15.4 Å². The van der Waals surface area contributed by atoms with Crippen molar-refractivity contribution in [1.82, 2.24) is 15.5 Å². The monoisotopic (exact) mass is 430 g/mol. The Balaban J connectivity index is 1.24. The summed E-state index contributed by atoms with van der Waals surface area (Å²) in [5.41, 5.74) is -1.72. The van der Waals surface area contributed by atoms with Crippen LogP contribution in [0.5, 0.6) is 5.75 Å². The lowest BCUT2D eigenvalue weighted by Crippen LogP contribution is -2.81. The molecule has 0 saturated heterocycles. The van der Waals surface area contributed by atoms with Gasteiger partial charge in [0.25, 0.3) is 5.91 Å². The van der Waals surface area contributed by atoms with Gasteiger partial charge in [0.15, 0.2) is 12.3 Å². The van der Waals surface area contributed by atoms with Gasteiger partial charge in [-0.25, -0.2) is 4.39 Å². The summed E-state index contributed by atoms with van der Waals surface area (Å²) in [4.78, 5) is 12.1. The van der Waals surface area contributed by atoms with Crippen molar-refractivity contribution in [3.8, 4) is 5.75 Å². The van der Waals surface area contributed by atoms with Gasteiger partial charge in [-0.2, -0.15) is 13.2 Å². The molecule has 5 rings (SSSR count). The lowest BCUT2D eigenvalue weighted by Gasteiger charge is -2.70. The molecule has 2 bridgehead atoms. The van der Waals surface area contributed by atoms with Crippen LogP contribution in [0.15, 0.2) is 30.3 Å². The van der Waals surface area contributed by atoms with E-state index in [2.05, 4.69) is 20.8 Å². The molecule has 29 heavy (non-hydrogen) atoms. The Hall–Kier alpha value is -2.62. The van der Waals surface area contributed by atoms with Crippen LogP contribution in [-0.2, 0) is 11.0 Å². The van der Waals surface area contributed by atoms with Gasteiger partial charge >= 0.3 is 6.18 Å². The quantitative estimate of drug-likeness (QED) is 0.685. The number of anilines is 1. The van der Waals surface area contributed by atoms with E-state index < -0.39 is 17.7 Å². The fraction of sp³-hybridized carbons (Fsp3) is 0.389. The number of halogens is 5. The Morgan fingerprint density at radius 1 is 1.14 bits per heavy atom. The van der Waals surface area contributed by atoms with Gasteiger partial charge in [0.05, 0.1) is 5.02 Å². The number of rotatable bonds is 6. The van der Waals surface area contributed by atoms with Crippen LogP contribution >= 0.6 is 11.6 Å². The van der Waals surface area contributed by atoms with Crippen molar-refractivity contribution >= 4 is 23.3 Å². The molecule has 3 saturated carbocycles. The first-order valence-electron chi connectivity index (χ1n) is 8.66. The zero-order valence-corrected chi connectivity index (χ0v) is 15.6. The molecule has 6 nitrogen and oxygen atoms in total. The van der Waals surface area contributed by atoms with Crippen molar-refractivity contribution < 1.29 is 27.1 Å². The Labute approximate surface area is 167 Å². The van der Waals surface area contributed by atoms with Crippen LogP contribution in [0.25, 0.3) is 0 Å². The molecule has 154 valence electrons. The fourth-order valence-electron chi connectivity index (χ4n) is 3.92. The van der Waals surface area contributed by atoms with Gasteiger partial charge in [0, 0.05) is 17.1 Å². The third-order valence-corrected chi connectivity index (χ3v) is 5.35. The molecule has 3 aliphatic carbocycles. The molecule has 0 atom stereocenters. The molecule has 1 aromatic carbocycles. The van der Waals surface area contributed by atoms with Gasteiger partial charge in [-0.3, -0.25) is 4.79 Å². The van der Waals surface area contributed by atoms with Crippen LogP contribution in [0, 0.1) is 5.82 Å². The van der Waals surface area contributed by atoms with Crippen molar-refractivity contribution in [2.45, 2.75) is 36.5 Å². The Morgan fingerprint density at radius 2 is 1.86 bits per heavy atom. The molecule has 0 unspecified atom stereocenters. The predicted molar refractivity (Wildman–Crippen MR) is 95.0 cm³/mol. The first-order chi connectivity index (χ1) is 13.6. The molecule has 2 N–H and O–H groups in total. The van der Waals surface area contributed by atoms with Gasteiger partial charge in [-0.15, -0.1) is 10.2 Å². The first kappa shape index (κ1) is 19.7. The maximum Gasteiger partial charge on any atom is 0.435 e. The van der Waals surface area contributed by atoms with E-state index >= 15 is 0 Å². The summed E-state index contributed by atoms with van der Waals surface area (Å²) < 4.78 is 56.2. The molecule has 3 fully saturated rings. The zero-order chi connectivity index (χ0) is 20.9. The van der Waals surface area contributed by atoms with Crippen LogP contribution in [0.4, 0.5) is 23.4 Å². The van der Waals surface area contributed by atoms with Crippen LogP contribution < -0.4 is 15.4 Å². The second-order valence-corrected chi connectivity index (χ2v) is 7.84. The van der Waals surface area contributed by atoms with Crippen LogP contribution in [0.3, 0.4) is 0 Å². The number of aromatic nitrogens is 2. The molecule has 0 spiro atoms. The number of alkyl halides is 3. The van der Waals surface area contributed by atoms with Gasteiger partial charge in [0.1, 0.15) is 17.4 Å². The molecule has 1 amide bonds. The number of nitrogens with one attached hydrogen (secondary N) is 2. The van der Waals surface area contributed by atoms with Crippen molar-refractivity contribution in [3.05, 3.63) is 46.9 Å². The molecule has 2 aromatic rings. The standard InChI is InChI=1S/C18H15ClF4N4O2/c19-11-2-1-10(5-12(11)20)29-6-15(28)25-17-7-16(8-17,9-17)24-14-4-3-13(26-27-14)18(21,22)23/h1-5H,6-9H2,(H,24,27)(H,25,28). The van der Waals surface area contributed by atoms with E-state index in [1.54, 1.807) is 0 Å². The highest BCUT2D eigenvalue weighted by Crippen LogP contribution is 2.61. The smallest absolute Gasteiger partial charge is 0.435 e. The van der Waals surface area contributed by atoms with Gasteiger partial charge in [-0.1, -0.05) is 11.6 Å². The normalized spacial score (nSPS) is 24.9. The van der Waals surface area contributed by atoms with Crippen LogP contribution in [0.2, 0.25) is 5.02 Å². The number of hydrogen-bond acceptors (Lipinski definition) is 5. The molecule has 0 aliphatic heterocycles. The van der Waals surface area contributed by atoms with Crippen LogP contribution in [-0.4, -0.2) is 33.8 Å². The predicted octanol–water partition coefficient (Wildman–Crippen LogP) is 3.57. The highest BCUT2D eigenvalue weighted by atomic mass is 35.5. The maximum atomic E-state index is 13.4. The van der Waals surface area contributed by atoms with Crippen LogP contribution in [0.1, 0.15) is 25.0 Å². The maximum absolute atomic E-state index is 13.4. The van der Waals surface area contributed by atoms with E-state index in [0.29, 0.717) is 19.3 Å². The number of nitrogens with zero attached hydrogens (tertiary/aromatic N) is 2. The van der Waals surface area contributed by atoms with Crippen molar-refractivity contribution in [2.24, 2.45) is 0 Å². The van der Waals surface area contributed by atoms with E-state index in [0.717, 1.165) is 12.1 Å². The zero-order valence-electron chi connectivity index (χ0n) is 14.8. The Morgan fingerprint density at radius 3 is 2.45 bits per heavy atom. The Bertz CT molecular complexity index is 932. The number of benzene rings is 1. The molecule has 3 aliphatic rings. The Kier molecular flexibility index (Phi) is 4.56. The highest BCUT2D eigenvalue weighted by molar-refractivity contribution is 6.30. The summed E-state index contributed by atoms with van der Waals surface area (Å²) in [6, 6.07) is 6.00. The number of carbonyl (C=O) groups excluding carboxylic acids is 1. The lowest BCUT2D eigenvalue weighted by molar-refractivity contribution is -0.141. The third-order valence-electron chi connectivity index (χ3n) is 5.04. The van der Waals surface area contributed by atoms with E-state index in [1.807, 2.05) is 0 Å². The first-order valence-corrected chi connectivity index (χ1v) is 9.04. The van der Waals surface area contributed by atoms with Crippen molar-refractivity contribution in [1.29, 1.82) is 0 Å². The number of hydrogen-bond donors (Lipinski definition) is 2. The summed E-state index contributed by atoms with van der Waals surface area (Å²) in [6.45, 7) is -0.270. The van der Waals surface area contributed by atoms with Gasteiger partial charge in [-0.05, 0) is 43.5 Å². The second-order valence-electron chi connectivity index (χ2n) is 7.43. The summed E-state index contributed by atoms with van der Waals surface area (Å²) in [5, 5.41) is 12.7. The van der Waals surface area contributed by atoms with E-state index in [1.165, 1.54) is 18.2 Å². The summed E-state index contributed by atoms with van der Waals surface area (Å²) in [7, 11) is 0. The minimum atomic E-state index is -4.53. The van der Waals surface area contributed by atoms with E-state index in [9.17, 15) is 22.4 Å². The van der Waals surface area contributed by atoms with Crippen molar-refractivity contribution in [3.63, 3.8) is 0 Å². The minimum Gasteiger partial charge on any atom is -0.484 e. The SMILES string of the molecule is O=C(COc1ccc(Cl)c(F)c1)NC12CC(Nc3ccc(C(F)(F)F)nn3)(C1)C2. The molecular weight excluding hydrogens is 416 g/mol. The molecule has 0 radical (unpaired) electrons.